The van der Waals surface area contributed by atoms with Crippen molar-refractivity contribution in [1.29, 1.82) is 0 Å². The molecule has 2 aliphatic rings. The molecule has 2 aromatic rings. The second kappa shape index (κ2) is 8.93. The van der Waals surface area contributed by atoms with Gasteiger partial charge in [-0.25, -0.2) is 9.37 Å². The fourth-order valence-electron chi connectivity index (χ4n) is 4.69. The maximum atomic E-state index is 13.7. The molecule has 7 heteroatoms. The van der Waals surface area contributed by atoms with Crippen molar-refractivity contribution >= 4 is 11.5 Å². The first kappa shape index (κ1) is 24.0. The minimum Gasteiger partial charge on any atom is -0.294 e. The van der Waals surface area contributed by atoms with Gasteiger partial charge in [-0.1, -0.05) is 33.8 Å². The van der Waals surface area contributed by atoms with Gasteiger partial charge in [0.1, 0.15) is 5.82 Å². The van der Waals surface area contributed by atoms with Crippen LogP contribution in [0, 0.1) is 17.7 Å². The Bertz CT molecular complexity index is 1220. The Morgan fingerprint density at radius 3 is 2.32 bits per heavy atom. The summed E-state index contributed by atoms with van der Waals surface area (Å²) in [7, 11) is 0. The van der Waals surface area contributed by atoms with Gasteiger partial charge in [0.2, 0.25) is 0 Å². The van der Waals surface area contributed by atoms with Crippen molar-refractivity contribution in [2.75, 3.05) is 0 Å². The third kappa shape index (κ3) is 4.12. The molecule has 0 radical (unpaired) electrons. The molecule has 1 aromatic carbocycles. The summed E-state index contributed by atoms with van der Waals surface area (Å²) in [6, 6.07) is 9.74. The van der Waals surface area contributed by atoms with Crippen molar-refractivity contribution in [3.05, 3.63) is 76.4 Å². The van der Waals surface area contributed by atoms with Crippen LogP contribution in [0.25, 0.3) is 11.3 Å². The summed E-state index contributed by atoms with van der Waals surface area (Å²) in [4.78, 5) is 22.5. The summed E-state index contributed by atoms with van der Waals surface area (Å²) >= 11 is 0. The number of halogens is 4. The number of carbonyl (C=O) groups excluding carboxylic acids is 1. The zero-order chi connectivity index (χ0) is 24.8. The Balaban J connectivity index is 1.85. The molecule has 0 saturated carbocycles. The van der Waals surface area contributed by atoms with E-state index in [1.54, 1.807) is 26.0 Å². The molecule has 2 heterocycles. The molecule has 0 amide bonds. The van der Waals surface area contributed by atoms with Gasteiger partial charge in [0, 0.05) is 22.6 Å². The quantitative estimate of drug-likeness (QED) is 0.434. The second-order valence-corrected chi connectivity index (χ2v) is 8.89. The lowest BCUT2D eigenvalue weighted by Gasteiger charge is -2.26. The molecule has 0 bridgehead atoms. The lowest BCUT2D eigenvalue weighted by atomic mass is 9.78. The summed E-state index contributed by atoms with van der Waals surface area (Å²) in [5.41, 5.74) is 2.85. The van der Waals surface area contributed by atoms with E-state index in [0.717, 1.165) is 18.1 Å². The van der Waals surface area contributed by atoms with E-state index in [0.29, 0.717) is 28.2 Å². The van der Waals surface area contributed by atoms with Crippen LogP contribution in [-0.4, -0.2) is 22.7 Å². The predicted molar refractivity (Wildman–Crippen MR) is 124 cm³/mol. The van der Waals surface area contributed by atoms with Crippen LogP contribution in [0.1, 0.15) is 57.7 Å². The summed E-state index contributed by atoms with van der Waals surface area (Å²) in [6.07, 6.45) is -2.67. The average molecular weight is 471 g/mol. The highest BCUT2D eigenvalue weighted by Gasteiger charge is 2.47. The number of aromatic nitrogens is 1. The van der Waals surface area contributed by atoms with Crippen molar-refractivity contribution in [2.24, 2.45) is 16.8 Å². The molecule has 4 rings (SSSR count). The maximum absolute atomic E-state index is 13.7. The van der Waals surface area contributed by atoms with Gasteiger partial charge >= 0.3 is 6.18 Å². The molecule has 0 saturated heterocycles. The summed E-state index contributed by atoms with van der Waals surface area (Å²) < 4.78 is 54.5. The molecule has 0 fully saturated rings. The largest absolute Gasteiger partial charge is 0.413 e. The zero-order valence-electron chi connectivity index (χ0n) is 19.5. The van der Waals surface area contributed by atoms with Crippen molar-refractivity contribution in [3.8, 4) is 11.3 Å². The number of hydrogen-bond acceptors (Lipinski definition) is 3. The highest BCUT2D eigenvalue weighted by molar-refractivity contribution is 6.15. The van der Waals surface area contributed by atoms with Crippen molar-refractivity contribution in [1.82, 2.24) is 4.98 Å². The molecule has 3 atom stereocenters. The first-order valence-corrected chi connectivity index (χ1v) is 11.5. The van der Waals surface area contributed by atoms with E-state index >= 15 is 0 Å². The topological polar surface area (TPSA) is 42.3 Å². The number of rotatable bonds is 5. The fraction of sp³-hybridized carbons (Fsp3) is 0.370. The van der Waals surface area contributed by atoms with Gasteiger partial charge in [-0.05, 0) is 60.7 Å². The monoisotopic (exact) mass is 470 g/mol. The molecular weight excluding hydrogens is 444 g/mol. The van der Waals surface area contributed by atoms with E-state index in [-0.39, 0.29) is 23.9 Å². The molecule has 1 aliphatic carbocycles. The Hall–Kier alpha value is -3.09. The number of allylic oxidation sites excluding steroid dienone is 3. The van der Waals surface area contributed by atoms with E-state index in [4.69, 9.17) is 4.98 Å². The van der Waals surface area contributed by atoms with Crippen LogP contribution in [0.5, 0.6) is 0 Å². The van der Waals surface area contributed by atoms with Crippen molar-refractivity contribution in [3.63, 3.8) is 0 Å². The molecule has 2 unspecified atom stereocenters. The van der Waals surface area contributed by atoms with E-state index in [1.165, 1.54) is 12.1 Å². The number of hydrogen-bond donors (Lipinski definition) is 0. The molecule has 1 aliphatic heterocycles. The Morgan fingerprint density at radius 1 is 1.06 bits per heavy atom. The first-order chi connectivity index (χ1) is 16.1. The highest BCUT2D eigenvalue weighted by atomic mass is 19.4. The van der Waals surface area contributed by atoms with Gasteiger partial charge in [0.05, 0.1) is 28.7 Å². The number of Topliss-reactive ketones (excluding diaryl/α,β-unsaturated/α-hetero) is 1. The second-order valence-electron chi connectivity index (χ2n) is 8.89. The molecule has 1 aromatic heterocycles. The lowest BCUT2D eigenvalue weighted by molar-refractivity contribution is -0.126. The van der Waals surface area contributed by atoms with Gasteiger partial charge in [0.25, 0.3) is 0 Å². The van der Waals surface area contributed by atoms with E-state index in [1.807, 2.05) is 26.0 Å². The van der Waals surface area contributed by atoms with Gasteiger partial charge in [-0.15, -0.1) is 0 Å². The van der Waals surface area contributed by atoms with Crippen molar-refractivity contribution in [2.45, 2.75) is 52.6 Å². The summed E-state index contributed by atoms with van der Waals surface area (Å²) in [6.45, 7) is 7.47. The smallest absolute Gasteiger partial charge is 0.294 e. The maximum Gasteiger partial charge on any atom is 0.413 e. The van der Waals surface area contributed by atoms with Gasteiger partial charge in [-0.3, -0.25) is 9.79 Å². The predicted octanol–water partition coefficient (Wildman–Crippen LogP) is 7.19. The number of ketones is 1. The zero-order valence-corrected chi connectivity index (χ0v) is 19.5. The SMILES string of the molecule is CCC1C(=O)C2=C(C=C1C(F)(F)F)N=C(c1nc(-c3ccc(F)cc3)ccc1[C@@H](C)CC)C2C. The van der Waals surface area contributed by atoms with E-state index in [9.17, 15) is 22.4 Å². The van der Waals surface area contributed by atoms with Crippen LogP contribution in [0.4, 0.5) is 17.6 Å². The highest BCUT2D eigenvalue weighted by Crippen LogP contribution is 2.44. The third-order valence-corrected chi connectivity index (χ3v) is 6.80. The molecule has 0 spiro atoms. The molecule has 3 nitrogen and oxygen atoms in total. The Kier molecular flexibility index (Phi) is 6.32. The van der Waals surface area contributed by atoms with E-state index < -0.39 is 29.4 Å². The number of alkyl halides is 3. The number of aliphatic imine (C=N–C) groups is 1. The number of benzene rings is 1. The number of pyridine rings is 1. The Labute approximate surface area is 196 Å². The normalized spacial score (nSPS) is 21.4. The van der Waals surface area contributed by atoms with Crippen LogP contribution < -0.4 is 0 Å². The van der Waals surface area contributed by atoms with Crippen LogP contribution in [-0.2, 0) is 4.79 Å². The standard InChI is InChI=1S/C27H26F4N2O/c1-5-14(3)19-11-12-21(16-7-9-17(28)10-8-16)32-25(19)24-15(4)23-22(33-24)13-20(27(29,30)31)18(6-2)26(23)34/h7-15,18H,5-6H2,1-4H3/t14-,15?,18?/m0/s1. The van der Waals surface area contributed by atoms with E-state index in [2.05, 4.69) is 4.99 Å². The lowest BCUT2D eigenvalue weighted by Crippen LogP contribution is -2.32. The first-order valence-electron chi connectivity index (χ1n) is 11.5. The number of nitrogens with zero attached hydrogens (tertiary/aromatic N) is 2. The molecule has 178 valence electrons. The average Bonchev–Trinajstić information content (AvgIpc) is 3.14. The molecule has 0 N–H and O–H groups in total. The summed E-state index contributed by atoms with van der Waals surface area (Å²) in [5, 5.41) is 0. The minimum atomic E-state index is -4.60. The minimum absolute atomic E-state index is 0.0689. The van der Waals surface area contributed by atoms with Gasteiger partial charge in [-0.2, -0.15) is 13.2 Å². The van der Waals surface area contributed by atoms with Crippen molar-refractivity contribution < 1.29 is 22.4 Å². The summed E-state index contributed by atoms with van der Waals surface area (Å²) in [5.74, 6) is -2.46. The molecular formula is C27H26F4N2O. The van der Waals surface area contributed by atoms with Crippen LogP contribution >= 0.6 is 0 Å². The van der Waals surface area contributed by atoms with Crippen LogP contribution in [0.3, 0.4) is 0 Å². The fourth-order valence-corrected chi connectivity index (χ4v) is 4.69. The van der Waals surface area contributed by atoms with Gasteiger partial charge in [0.15, 0.2) is 5.78 Å². The number of carbonyl (C=O) groups is 1. The van der Waals surface area contributed by atoms with Gasteiger partial charge < -0.3 is 0 Å². The molecule has 34 heavy (non-hydrogen) atoms. The third-order valence-electron chi connectivity index (χ3n) is 6.80. The van der Waals surface area contributed by atoms with Crippen LogP contribution in [0.2, 0.25) is 0 Å². The Morgan fingerprint density at radius 2 is 1.74 bits per heavy atom. The van der Waals surface area contributed by atoms with Crippen LogP contribution in [0.15, 0.2) is 64.3 Å².